The van der Waals surface area contributed by atoms with Crippen molar-refractivity contribution < 1.29 is 9.90 Å². The van der Waals surface area contributed by atoms with Gasteiger partial charge in [0.15, 0.2) is 5.78 Å². The molecular formula is C29H30O2. The van der Waals surface area contributed by atoms with Crippen LogP contribution in [-0.2, 0) is 4.79 Å². The molecule has 1 saturated carbocycles. The van der Waals surface area contributed by atoms with E-state index in [0.717, 1.165) is 22.3 Å². The third-order valence-electron chi connectivity index (χ3n) is 6.78. The van der Waals surface area contributed by atoms with E-state index >= 15 is 0 Å². The first-order valence-electron chi connectivity index (χ1n) is 11.1. The number of Topliss-reactive ketones (excluding diaryl/α,β-unsaturated/α-hetero) is 1. The molecular weight excluding hydrogens is 380 g/mol. The summed E-state index contributed by atoms with van der Waals surface area (Å²) in [5.41, 5.74) is 4.05. The number of aliphatic hydroxyl groups excluding tert-OH is 1. The minimum Gasteiger partial charge on any atom is -0.393 e. The van der Waals surface area contributed by atoms with Crippen molar-refractivity contribution in [2.45, 2.75) is 38.2 Å². The van der Waals surface area contributed by atoms with Crippen LogP contribution in [0.1, 0.15) is 48.8 Å². The molecule has 0 bridgehead atoms. The Labute approximate surface area is 185 Å². The van der Waals surface area contributed by atoms with E-state index in [-0.39, 0.29) is 29.5 Å². The van der Waals surface area contributed by atoms with Gasteiger partial charge in [0.1, 0.15) is 0 Å². The molecule has 1 aliphatic carbocycles. The quantitative estimate of drug-likeness (QED) is 0.505. The molecule has 31 heavy (non-hydrogen) atoms. The van der Waals surface area contributed by atoms with Crippen molar-refractivity contribution in [3.05, 3.63) is 113 Å². The molecule has 3 aromatic rings. The molecule has 1 aliphatic rings. The van der Waals surface area contributed by atoms with Crippen LogP contribution in [0.3, 0.4) is 0 Å². The predicted molar refractivity (Wildman–Crippen MR) is 127 cm³/mol. The number of hydrogen-bond acceptors (Lipinski definition) is 2. The SMILES string of the molecule is C/C(=C/c1ccccc1)C(=O)C1C(c2ccccc2)CC(O)C(C)C1c1ccccc1. The van der Waals surface area contributed by atoms with Crippen molar-refractivity contribution in [3.63, 3.8) is 0 Å². The molecule has 0 heterocycles. The molecule has 158 valence electrons. The first-order valence-corrected chi connectivity index (χ1v) is 11.1. The number of allylic oxidation sites excluding steroid dienone is 1. The van der Waals surface area contributed by atoms with Gasteiger partial charge >= 0.3 is 0 Å². The Hall–Kier alpha value is -2.97. The Balaban J connectivity index is 1.80. The van der Waals surface area contributed by atoms with Gasteiger partial charge in [-0.05, 0) is 59.4 Å². The largest absolute Gasteiger partial charge is 0.393 e. The van der Waals surface area contributed by atoms with Crippen LogP contribution in [0.4, 0.5) is 0 Å². The maximum atomic E-state index is 14.0. The highest BCUT2D eigenvalue weighted by atomic mass is 16.3. The van der Waals surface area contributed by atoms with Crippen molar-refractivity contribution in [1.29, 1.82) is 0 Å². The Bertz CT molecular complexity index is 1020. The monoisotopic (exact) mass is 410 g/mol. The van der Waals surface area contributed by atoms with Crippen LogP contribution in [0.2, 0.25) is 0 Å². The van der Waals surface area contributed by atoms with E-state index in [1.54, 1.807) is 0 Å². The summed E-state index contributed by atoms with van der Waals surface area (Å²) < 4.78 is 0. The van der Waals surface area contributed by atoms with Gasteiger partial charge in [-0.15, -0.1) is 0 Å². The minimum atomic E-state index is -0.446. The fourth-order valence-corrected chi connectivity index (χ4v) is 5.15. The van der Waals surface area contributed by atoms with Crippen molar-refractivity contribution >= 4 is 11.9 Å². The second kappa shape index (κ2) is 9.45. The smallest absolute Gasteiger partial charge is 0.162 e. The molecule has 5 atom stereocenters. The summed E-state index contributed by atoms with van der Waals surface area (Å²) >= 11 is 0. The van der Waals surface area contributed by atoms with Gasteiger partial charge in [-0.3, -0.25) is 4.79 Å². The van der Waals surface area contributed by atoms with Gasteiger partial charge in [0.25, 0.3) is 0 Å². The Morgan fingerprint density at radius 1 is 0.839 bits per heavy atom. The minimum absolute atomic E-state index is 0.000775. The maximum absolute atomic E-state index is 14.0. The Kier molecular flexibility index (Phi) is 6.48. The number of rotatable bonds is 5. The van der Waals surface area contributed by atoms with Gasteiger partial charge in [0, 0.05) is 5.92 Å². The molecule has 0 spiro atoms. The van der Waals surface area contributed by atoms with Crippen molar-refractivity contribution in [2.75, 3.05) is 0 Å². The lowest BCUT2D eigenvalue weighted by atomic mass is 9.60. The maximum Gasteiger partial charge on any atom is 0.162 e. The van der Waals surface area contributed by atoms with E-state index in [1.165, 1.54) is 0 Å². The topological polar surface area (TPSA) is 37.3 Å². The molecule has 3 aromatic carbocycles. The van der Waals surface area contributed by atoms with Gasteiger partial charge in [0.05, 0.1) is 6.10 Å². The zero-order valence-corrected chi connectivity index (χ0v) is 18.2. The molecule has 0 aliphatic heterocycles. The first kappa shape index (κ1) is 21.3. The molecule has 1 N–H and O–H groups in total. The second-order valence-electron chi connectivity index (χ2n) is 8.74. The molecule has 0 aromatic heterocycles. The van der Waals surface area contributed by atoms with E-state index in [9.17, 15) is 9.90 Å². The van der Waals surface area contributed by atoms with Crippen molar-refractivity contribution in [3.8, 4) is 0 Å². The highest BCUT2D eigenvalue weighted by Gasteiger charge is 2.46. The molecule has 0 radical (unpaired) electrons. The lowest BCUT2D eigenvalue weighted by Crippen LogP contribution is -2.43. The Morgan fingerprint density at radius 2 is 1.35 bits per heavy atom. The molecule has 5 unspecified atom stereocenters. The summed E-state index contributed by atoms with van der Waals surface area (Å²) in [7, 11) is 0. The number of ketones is 1. The van der Waals surface area contributed by atoms with Crippen LogP contribution < -0.4 is 0 Å². The zero-order chi connectivity index (χ0) is 21.8. The van der Waals surface area contributed by atoms with E-state index in [1.807, 2.05) is 79.7 Å². The van der Waals surface area contributed by atoms with Crippen LogP contribution in [0.25, 0.3) is 6.08 Å². The van der Waals surface area contributed by atoms with E-state index in [4.69, 9.17) is 0 Å². The summed E-state index contributed by atoms with van der Waals surface area (Å²) in [5, 5.41) is 11.0. The number of aliphatic hydroxyl groups is 1. The van der Waals surface area contributed by atoms with Crippen LogP contribution >= 0.6 is 0 Å². The van der Waals surface area contributed by atoms with Crippen LogP contribution in [0.5, 0.6) is 0 Å². The van der Waals surface area contributed by atoms with Gasteiger partial charge in [-0.25, -0.2) is 0 Å². The lowest BCUT2D eigenvalue weighted by Gasteiger charge is -2.44. The van der Waals surface area contributed by atoms with Crippen LogP contribution in [0.15, 0.2) is 96.6 Å². The fraction of sp³-hybridized carbons (Fsp3) is 0.276. The summed E-state index contributed by atoms with van der Waals surface area (Å²) in [4.78, 5) is 14.0. The van der Waals surface area contributed by atoms with Crippen LogP contribution in [-0.4, -0.2) is 17.0 Å². The highest BCUT2D eigenvalue weighted by molar-refractivity contribution is 6.01. The standard InChI is InChI=1S/C29H30O2/c1-20(18-22-12-6-3-7-13-22)29(31)28-25(23-14-8-4-9-15-23)19-26(30)21(2)27(28)24-16-10-5-11-17-24/h3-18,21,25-28,30H,19H2,1-2H3/b20-18-. The van der Waals surface area contributed by atoms with Gasteiger partial charge in [0.2, 0.25) is 0 Å². The molecule has 0 saturated heterocycles. The van der Waals surface area contributed by atoms with Gasteiger partial charge in [-0.2, -0.15) is 0 Å². The molecule has 4 rings (SSSR count). The number of carbonyl (C=O) groups excluding carboxylic acids is 1. The molecule has 1 fully saturated rings. The van der Waals surface area contributed by atoms with E-state index in [2.05, 4.69) is 31.2 Å². The van der Waals surface area contributed by atoms with Crippen molar-refractivity contribution in [2.24, 2.45) is 11.8 Å². The third-order valence-corrected chi connectivity index (χ3v) is 6.78. The second-order valence-corrected chi connectivity index (χ2v) is 8.74. The predicted octanol–water partition coefficient (Wildman–Crippen LogP) is 6.24. The number of carbonyl (C=O) groups is 1. The van der Waals surface area contributed by atoms with E-state index < -0.39 is 6.10 Å². The fourth-order valence-electron chi connectivity index (χ4n) is 5.15. The average Bonchev–Trinajstić information content (AvgIpc) is 2.81. The third kappa shape index (κ3) is 4.55. The summed E-state index contributed by atoms with van der Waals surface area (Å²) in [6.45, 7) is 4.01. The molecule has 0 amide bonds. The number of benzene rings is 3. The average molecular weight is 411 g/mol. The molecule has 2 heteroatoms. The number of hydrogen-bond donors (Lipinski definition) is 1. The van der Waals surface area contributed by atoms with Gasteiger partial charge in [-0.1, -0.05) is 97.9 Å². The summed E-state index contributed by atoms with van der Waals surface area (Å²) in [5.74, 6) is -0.111. The zero-order valence-electron chi connectivity index (χ0n) is 18.2. The lowest BCUT2D eigenvalue weighted by molar-refractivity contribution is -0.123. The summed E-state index contributed by atoms with van der Waals surface area (Å²) in [6, 6.07) is 30.4. The highest BCUT2D eigenvalue weighted by Crippen LogP contribution is 2.50. The van der Waals surface area contributed by atoms with Crippen LogP contribution in [0, 0.1) is 11.8 Å². The molecule has 2 nitrogen and oxygen atoms in total. The van der Waals surface area contributed by atoms with Crippen molar-refractivity contribution in [1.82, 2.24) is 0 Å². The van der Waals surface area contributed by atoms with Gasteiger partial charge < -0.3 is 5.11 Å². The normalized spacial score (nSPS) is 26.4. The van der Waals surface area contributed by atoms with E-state index in [0.29, 0.717) is 6.42 Å². The summed E-state index contributed by atoms with van der Waals surface area (Å²) in [6.07, 6.45) is 2.14. The Morgan fingerprint density at radius 3 is 1.94 bits per heavy atom. The first-order chi connectivity index (χ1) is 15.1.